The van der Waals surface area contributed by atoms with Gasteiger partial charge in [0.15, 0.2) is 0 Å². The van der Waals surface area contributed by atoms with Crippen molar-refractivity contribution in [2.75, 3.05) is 17.8 Å². The quantitative estimate of drug-likeness (QED) is 0.674. The van der Waals surface area contributed by atoms with Crippen molar-refractivity contribution in [2.45, 2.75) is 24.9 Å². The van der Waals surface area contributed by atoms with Crippen LogP contribution in [0.4, 0.5) is 19.0 Å². The van der Waals surface area contributed by atoms with Crippen LogP contribution in [0.1, 0.15) is 30.0 Å². The van der Waals surface area contributed by atoms with E-state index in [9.17, 15) is 21.6 Å². The van der Waals surface area contributed by atoms with Crippen LogP contribution in [0.15, 0.2) is 48.8 Å². The lowest BCUT2D eigenvalue weighted by Crippen LogP contribution is -2.41. The average Bonchev–Trinajstić information content (AvgIpc) is 2.73. The van der Waals surface area contributed by atoms with E-state index in [-0.39, 0.29) is 24.8 Å². The van der Waals surface area contributed by atoms with E-state index < -0.39 is 21.9 Å². The SMILES string of the molecule is O=S(=O)(Nc1ccc2ncccc2n1)N1CCC(c2ccc(C(F)(F)F)cn2)CC1. The van der Waals surface area contributed by atoms with Gasteiger partial charge < -0.3 is 0 Å². The van der Waals surface area contributed by atoms with Gasteiger partial charge in [-0.25, -0.2) is 4.98 Å². The Morgan fingerprint density at radius 2 is 1.77 bits per heavy atom. The second-order valence-corrected chi connectivity index (χ2v) is 8.66. The predicted octanol–water partition coefficient (Wildman–Crippen LogP) is 3.58. The number of rotatable bonds is 4. The summed E-state index contributed by atoms with van der Waals surface area (Å²) >= 11 is 0. The molecule has 4 heterocycles. The number of nitrogens with zero attached hydrogens (tertiary/aromatic N) is 4. The van der Waals surface area contributed by atoms with Crippen LogP contribution in [0.3, 0.4) is 0 Å². The first-order valence-corrected chi connectivity index (χ1v) is 10.7. The zero-order chi connectivity index (χ0) is 21.4. The molecule has 3 aromatic heterocycles. The molecular formula is C19H18F3N5O2S. The van der Waals surface area contributed by atoms with Crippen LogP contribution in [-0.4, -0.2) is 40.8 Å². The fraction of sp³-hybridized carbons (Fsp3) is 0.316. The van der Waals surface area contributed by atoms with Gasteiger partial charge in [0.05, 0.1) is 16.6 Å². The van der Waals surface area contributed by atoms with Crippen LogP contribution >= 0.6 is 0 Å². The minimum Gasteiger partial charge on any atom is -0.260 e. The molecule has 1 N–H and O–H groups in total. The lowest BCUT2D eigenvalue weighted by atomic mass is 9.94. The zero-order valence-corrected chi connectivity index (χ0v) is 16.5. The van der Waals surface area contributed by atoms with Gasteiger partial charge in [-0.15, -0.1) is 0 Å². The monoisotopic (exact) mass is 437 g/mol. The van der Waals surface area contributed by atoms with Crippen molar-refractivity contribution in [1.82, 2.24) is 19.3 Å². The van der Waals surface area contributed by atoms with E-state index in [1.807, 2.05) is 0 Å². The van der Waals surface area contributed by atoms with Crippen LogP contribution < -0.4 is 4.72 Å². The lowest BCUT2D eigenvalue weighted by Gasteiger charge is -2.31. The second kappa shape index (κ2) is 7.80. The van der Waals surface area contributed by atoms with E-state index in [2.05, 4.69) is 19.7 Å². The molecule has 4 rings (SSSR count). The summed E-state index contributed by atoms with van der Waals surface area (Å²) in [6.07, 6.45) is -1.05. The van der Waals surface area contributed by atoms with E-state index in [1.165, 1.54) is 10.4 Å². The molecule has 1 aliphatic heterocycles. The number of nitrogens with one attached hydrogen (secondary N) is 1. The molecule has 7 nitrogen and oxygen atoms in total. The topological polar surface area (TPSA) is 88.1 Å². The highest BCUT2D eigenvalue weighted by Crippen LogP contribution is 2.32. The molecule has 0 atom stereocenters. The first-order chi connectivity index (χ1) is 14.2. The van der Waals surface area contributed by atoms with Gasteiger partial charge in [0.1, 0.15) is 5.82 Å². The second-order valence-electron chi connectivity index (χ2n) is 6.99. The molecule has 3 aromatic rings. The maximum absolute atomic E-state index is 12.7. The zero-order valence-electron chi connectivity index (χ0n) is 15.7. The first kappa shape index (κ1) is 20.5. The highest BCUT2D eigenvalue weighted by molar-refractivity contribution is 7.90. The van der Waals surface area contributed by atoms with E-state index in [0.717, 1.165) is 12.3 Å². The fourth-order valence-corrected chi connectivity index (χ4v) is 4.62. The van der Waals surface area contributed by atoms with Crippen molar-refractivity contribution >= 4 is 27.1 Å². The van der Waals surface area contributed by atoms with Crippen molar-refractivity contribution in [2.24, 2.45) is 0 Å². The minimum absolute atomic E-state index is 0.0939. The van der Waals surface area contributed by atoms with E-state index in [4.69, 9.17) is 0 Å². The first-order valence-electron chi connectivity index (χ1n) is 9.25. The molecule has 0 spiro atoms. The third-order valence-electron chi connectivity index (χ3n) is 5.02. The minimum atomic E-state index is -4.43. The Balaban J connectivity index is 1.41. The Morgan fingerprint density at radius 1 is 1.00 bits per heavy atom. The molecule has 0 unspecified atom stereocenters. The molecule has 30 heavy (non-hydrogen) atoms. The fourth-order valence-electron chi connectivity index (χ4n) is 3.42. The molecule has 11 heteroatoms. The number of pyridine rings is 3. The number of hydrogen-bond acceptors (Lipinski definition) is 5. The molecule has 1 aliphatic rings. The number of halogens is 3. The smallest absolute Gasteiger partial charge is 0.260 e. The largest absolute Gasteiger partial charge is 0.417 e. The normalized spacial score (nSPS) is 16.6. The van der Waals surface area contributed by atoms with Crippen molar-refractivity contribution in [3.63, 3.8) is 0 Å². The maximum atomic E-state index is 12.7. The number of piperidine rings is 1. The van der Waals surface area contributed by atoms with Crippen LogP contribution in [0, 0.1) is 0 Å². The summed E-state index contributed by atoms with van der Waals surface area (Å²) in [7, 11) is -3.81. The van der Waals surface area contributed by atoms with Gasteiger partial charge in [0.25, 0.3) is 0 Å². The van der Waals surface area contributed by atoms with Gasteiger partial charge in [-0.1, -0.05) is 0 Å². The number of anilines is 1. The van der Waals surface area contributed by atoms with Crippen molar-refractivity contribution < 1.29 is 21.6 Å². The van der Waals surface area contributed by atoms with Crippen LogP contribution in [0.5, 0.6) is 0 Å². The third kappa shape index (κ3) is 4.36. The van der Waals surface area contributed by atoms with E-state index >= 15 is 0 Å². The summed E-state index contributed by atoms with van der Waals surface area (Å²) in [5, 5.41) is 0. The Labute approximate surface area is 171 Å². The van der Waals surface area contributed by atoms with E-state index in [0.29, 0.717) is 29.6 Å². The number of fused-ring (bicyclic) bond motifs is 1. The number of aromatic nitrogens is 3. The Bertz CT molecular complexity index is 1140. The predicted molar refractivity (Wildman–Crippen MR) is 105 cm³/mol. The molecule has 1 fully saturated rings. The summed E-state index contributed by atoms with van der Waals surface area (Å²) in [6.45, 7) is 0.468. The van der Waals surface area contributed by atoms with Gasteiger partial charge in [0, 0.05) is 37.1 Å². The van der Waals surface area contributed by atoms with Gasteiger partial charge in [-0.3, -0.25) is 14.7 Å². The Kier molecular flexibility index (Phi) is 5.33. The lowest BCUT2D eigenvalue weighted by molar-refractivity contribution is -0.137. The number of hydrogen-bond donors (Lipinski definition) is 1. The third-order valence-corrected chi connectivity index (χ3v) is 6.53. The van der Waals surface area contributed by atoms with Crippen LogP contribution in [0.25, 0.3) is 11.0 Å². The standard InChI is InChI=1S/C19H18F3N5O2S/c20-19(21,22)14-3-4-15(24-12-14)13-7-10-27(11-8-13)30(28,29)26-18-6-5-16-17(25-18)2-1-9-23-16/h1-6,9,12-13H,7-8,10-11H2,(H,25,26). The van der Waals surface area contributed by atoms with Gasteiger partial charge in [-0.05, 0) is 49.2 Å². The van der Waals surface area contributed by atoms with Crippen molar-refractivity contribution in [1.29, 1.82) is 0 Å². The summed E-state index contributed by atoms with van der Waals surface area (Å²) in [5.74, 6) is 0.102. The molecule has 0 saturated carbocycles. The molecule has 0 aliphatic carbocycles. The van der Waals surface area contributed by atoms with Crippen molar-refractivity contribution in [3.05, 3.63) is 60.0 Å². The number of alkyl halides is 3. The van der Waals surface area contributed by atoms with Crippen LogP contribution in [-0.2, 0) is 16.4 Å². The van der Waals surface area contributed by atoms with Gasteiger partial charge in [-0.2, -0.15) is 25.9 Å². The molecule has 1 saturated heterocycles. The van der Waals surface area contributed by atoms with E-state index in [1.54, 1.807) is 30.5 Å². The summed E-state index contributed by atoms with van der Waals surface area (Å²) < 4.78 is 67.2. The maximum Gasteiger partial charge on any atom is 0.417 e. The van der Waals surface area contributed by atoms with Gasteiger partial charge >= 0.3 is 16.4 Å². The Morgan fingerprint density at radius 3 is 2.43 bits per heavy atom. The summed E-state index contributed by atoms with van der Waals surface area (Å²) in [6, 6.07) is 9.06. The highest BCUT2D eigenvalue weighted by Gasteiger charge is 2.32. The molecule has 0 aromatic carbocycles. The molecular weight excluding hydrogens is 419 g/mol. The van der Waals surface area contributed by atoms with Crippen LogP contribution in [0.2, 0.25) is 0 Å². The molecule has 0 amide bonds. The molecule has 158 valence electrons. The summed E-state index contributed by atoms with van der Waals surface area (Å²) in [4.78, 5) is 12.3. The summed E-state index contributed by atoms with van der Waals surface area (Å²) in [5.41, 5.74) is 0.973. The highest BCUT2D eigenvalue weighted by atomic mass is 32.2. The average molecular weight is 437 g/mol. The van der Waals surface area contributed by atoms with Crippen molar-refractivity contribution in [3.8, 4) is 0 Å². The molecule has 0 bridgehead atoms. The Hall–Kier alpha value is -2.79. The van der Waals surface area contributed by atoms with Gasteiger partial charge in [0.2, 0.25) is 0 Å². The molecule has 0 radical (unpaired) electrons.